The molecule has 3 nitrogen and oxygen atoms in total. The van der Waals surface area contributed by atoms with Gasteiger partial charge in [-0.15, -0.1) is 0 Å². The summed E-state index contributed by atoms with van der Waals surface area (Å²) in [7, 11) is -4.41. The van der Waals surface area contributed by atoms with Crippen LogP contribution in [0.25, 0.3) is 0 Å². The molecular weight excluding hydrogens is 375 g/mol. The third-order valence-electron chi connectivity index (χ3n) is 3.98. The van der Waals surface area contributed by atoms with Gasteiger partial charge in [-0.25, -0.2) is 8.42 Å². The first kappa shape index (κ1) is 19.0. The predicted octanol–water partition coefficient (Wildman–Crippen LogP) is 5.10. The van der Waals surface area contributed by atoms with E-state index in [2.05, 4.69) is 4.72 Å². The lowest BCUT2D eigenvalue weighted by molar-refractivity contribution is -0.139. The zero-order valence-electron chi connectivity index (χ0n) is 14.1. The van der Waals surface area contributed by atoms with E-state index in [9.17, 15) is 21.6 Å². The summed E-state index contributed by atoms with van der Waals surface area (Å²) in [5.74, 6) is 0. The lowest BCUT2D eigenvalue weighted by atomic mass is 10.0. The Labute approximate surface area is 155 Å². The molecule has 0 heterocycles. The number of hydrogen-bond acceptors (Lipinski definition) is 2. The molecule has 0 aliphatic heterocycles. The fourth-order valence-electron chi connectivity index (χ4n) is 2.72. The largest absolute Gasteiger partial charge is 0.417 e. The van der Waals surface area contributed by atoms with Crippen LogP contribution in [0.5, 0.6) is 0 Å². The van der Waals surface area contributed by atoms with Crippen molar-refractivity contribution in [1.29, 1.82) is 0 Å². The van der Waals surface area contributed by atoms with Gasteiger partial charge in [0.1, 0.15) is 0 Å². The summed E-state index contributed by atoms with van der Waals surface area (Å²) in [6.45, 7) is 0. The molecule has 0 spiro atoms. The fraction of sp³-hybridized carbons (Fsp3) is 0.100. The molecule has 7 heteroatoms. The van der Waals surface area contributed by atoms with Gasteiger partial charge in [-0.05, 0) is 35.7 Å². The molecule has 1 N–H and O–H groups in total. The molecule has 0 amide bonds. The molecule has 3 aromatic carbocycles. The van der Waals surface area contributed by atoms with Crippen LogP contribution in [-0.2, 0) is 22.6 Å². The van der Waals surface area contributed by atoms with Gasteiger partial charge in [-0.3, -0.25) is 4.72 Å². The van der Waals surface area contributed by atoms with E-state index < -0.39 is 26.7 Å². The van der Waals surface area contributed by atoms with Crippen molar-refractivity contribution in [3.63, 3.8) is 0 Å². The van der Waals surface area contributed by atoms with Crippen LogP contribution in [0.3, 0.4) is 0 Å². The van der Waals surface area contributed by atoms with Gasteiger partial charge in [-0.1, -0.05) is 60.7 Å². The number of rotatable bonds is 5. The monoisotopic (exact) mass is 391 g/mol. The number of para-hydroxylation sites is 1. The van der Waals surface area contributed by atoms with Crippen molar-refractivity contribution in [2.24, 2.45) is 0 Å². The number of nitrogens with one attached hydrogen (secondary N) is 1. The molecule has 0 saturated heterocycles. The van der Waals surface area contributed by atoms with Crippen molar-refractivity contribution in [1.82, 2.24) is 0 Å². The van der Waals surface area contributed by atoms with E-state index in [1.54, 1.807) is 18.2 Å². The van der Waals surface area contributed by atoms with Crippen molar-refractivity contribution in [3.8, 4) is 0 Å². The van der Waals surface area contributed by atoms with Crippen molar-refractivity contribution in [2.75, 3.05) is 4.72 Å². The average Bonchev–Trinajstić information content (AvgIpc) is 2.63. The number of alkyl halides is 3. The minimum atomic E-state index is -4.77. The molecule has 0 atom stereocenters. The normalized spacial score (nSPS) is 12.0. The molecule has 0 radical (unpaired) electrons. The van der Waals surface area contributed by atoms with E-state index in [1.807, 2.05) is 30.3 Å². The van der Waals surface area contributed by atoms with Crippen LogP contribution in [0.4, 0.5) is 18.9 Å². The second kappa shape index (κ2) is 7.44. The summed E-state index contributed by atoms with van der Waals surface area (Å²) in [5, 5.41) is 0. The second-order valence-electron chi connectivity index (χ2n) is 5.92. The van der Waals surface area contributed by atoms with Crippen molar-refractivity contribution < 1.29 is 21.6 Å². The molecule has 3 rings (SSSR count). The summed E-state index contributed by atoms with van der Waals surface area (Å²) in [4.78, 5) is -0.799. The van der Waals surface area contributed by atoms with Crippen LogP contribution in [0.1, 0.15) is 16.7 Å². The molecule has 0 fully saturated rings. The average molecular weight is 391 g/mol. The topological polar surface area (TPSA) is 46.2 Å². The van der Waals surface area contributed by atoms with Crippen LogP contribution in [0.2, 0.25) is 0 Å². The number of halogens is 3. The number of hydrogen-bond donors (Lipinski definition) is 1. The maximum absolute atomic E-state index is 13.2. The number of sulfonamides is 1. The predicted molar refractivity (Wildman–Crippen MR) is 97.9 cm³/mol. The van der Waals surface area contributed by atoms with Gasteiger partial charge in [-0.2, -0.15) is 13.2 Å². The standard InChI is InChI=1S/C20H16F3NO2S/c21-20(22,23)17-11-5-7-13-19(17)27(25,26)24-18-12-6-4-10-16(18)14-15-8-2-1-3-9-15/h1-13,24H,14H2. The van der Waals surface area contributed by atoms with Crippen LogP contribution in [0.15, 0.2) is 83.8 Å². The SMILES string of the molecule is O=S(=O)(Nc1ccccc1Cc1ccccc1)c1ccccc1C(F)(F)F. The van der Waals surface area contributed by atoms with Crippen LogP contribution >= 0.6 is 0 Å². The maximum atomic E-state index is 13.2. The highest BCUT2D eigenvalue weighted by atomic mass is 32.2. The Bertz CT molecular complexity index is 1030. The first-order chi connectivity index (χ1) is 12.8. The third-order valence-corrected chi connectivity index (χ3v) is 5.40. The fourth-order valence-corrected chi connectivity index (χ4v) is 4.05. The van der Waals surface area contributed by atoms with Crippen molar-refractivity contribution >= 4 is 15.7 Å². The van der Waals surface area contributed by atoms with Gasteiger partial charge in [0.05, 0.1) is 16.1 Å². The van der Waals surface area contributed by atoms with E-state index in [-0.39, 0.29) is 5.69 Å². The molecule has 0 aromatic heterocycles. The van der Waals surface area contributed by atoms with Gasteiger partial charge >= 0.3 is 6.18 Å². The minimum absolute atomic E-state index is 0.248. The molecule has 0 unspecified atom stereocenters. The van der Waals surface area contributed by atoms with Crippen molar-refractivity contribution in [3.05, 3.63) is 95.6 Å². The molecule has 27 heavy (non-hydrogen) atoms. The van der Waals surface area contributed by atoms with Crippen LogP contribution in [-0.4, -0.2) is 8.42 Å². The number of benzene rings is 3. The molecular formula is C20H16F3NO2S. The summed E-state index contributed by atoms with van der Waals surface area (Å²) in [5.41, 5.74) is 0.674. The quantitative estimate of drug-likeness (QED) is 0.658. The smallest absolute Gasteiger partial charge is 0.279 e. The summed E-state index contributed by atoms with van der Waals surface area (Å²) in [6, 6.07) is 20.2. The van der Waals surface area contributed by atoms with Gasteiger partial charge < -0.3 is 0 Å². The molecule has 0 saturated carbocycles. The second-order valence-corrected chi connectivity index (χ2v) is 7.57. The lowest BCUT2D eigenvalue weighted by Crippen LogP contribution is -2.19. The summed E-state index contributed by atoms with van der Waals surface area (Å²) < 4.78 is 67.2. The first-order valence-corrected chi connectivity index (χ1v) is 9.56. The summed E-state index contributed by atoms with van der Waals surface area (Å²) >= 11 is 0. The Morgan fingerprint density at radius 2 is 1.37 bits per heavy atom. The zero-order valence-corrected chi connectivity index (χ0v) is 14.9. The van der Waals surface area contributed by atoms with Crippen LogP contribution in [0, 0.1) is 0 Å². The van der Waals surface area contributed by atoms with E-state index in [1.165, 1.54) is 12.1 Å². The third kappa shape index (κ3) is 4.49. The molecule has 0 bridgehead atoms. The Hall–Kier alpha value is -2.80. The molecule has 0 aliphatic rings. The number of anilines is 1. The van der Waals surface area contributed by atoms with Crippen LogP contribution < -0.4 is 4.72 Å². The van der Waals surface area contributed by atoms with E-state index in [4.69, 9.17) is 0 Å². The Morgan fingerprint density at radius 1 is 0.778 bits per heavy atom. The van der Waals surface area contributed by atoms with Gasteiger partial charge in [0.25, 0.3) is 10.0 Å². The van der Waals surface area contributed by atoms with Crippen molar-refractivity contribution in [2.45, 2.75) is 17.5 Å². The first-order valence-electron chi connectivity index (χ1n) is 8.08. The molecule has 0 aliphatic carbocycles. The van der Waals surface area contributed by atoms with E-state index in [0.717, 1.165) is 23.8 Å². The van der Waals surface area contributed by atoms with Gasteiger partial charge in [0.15, 0.2) is 0 Å². The molecule has 140 valence electrons. The van der Waals surface area contributed by atoms with E-state index in [0.29, 0.717) is 12.0 Å². The van der Waals surface area contributed by atoms with Gasteiger partial charge in [0, 0.05) is 0 Å². The molecule has 3 aromatic rings. The lowest BCUT2D eigenvalue weighted by Gasteiger charge is -2.16. The Kier molecular flexibility index (Phi) is 5.23. The summed E-state index contributed by atoms with van der Waals surface area (Å²) in [6.07, 6.45) is -4.32. The zero-order chi connectivity index (χ0) is 19.5. The Morgan fingerprint density at radius 3 is 2.07 bits per heavy atom. The van der Waals surface area contributed by atoms with E-state index >= 15 is 0 Å². The Balaban J connectivity index is 1.97. The highest BCUT2D eigenvalue weighted by molar-refractivity contribution is 7.92. The highest BCUT2D eigenvalue weighted by Crippen LogP contribution is 2.35. The highest BCUT2D eigenvalue weighted by Gasteiger charge is 2.37. The van der Waals surface area contributed by atoms with Gasteiger partial charge in [0.2, 0.25) is 0 Å². The minimum Gasteiger partial charge on any atom is -0.279 e. The maximum Gasteiger partial charge on any atom is 0.417 e.